The van der Waals surface area contributed by atoms with Crippen LogP contribution in [0.1, 0.15) is 30.5 Å². The molecule has 3 rings (SSSR count). The van der Waals surface area contributed by atoms with Gasteiger partial charge in [-0.05, 0) is 36.1 Å². The number of halogens is 2. The van der Waals surface area contributed by atoms with Gasteiger partial charge in [0.05, 0.1) is 17.8 Å². The Balaban J connectivity index is 1.92. The number of aromatic nitrogens is 1. The number of nitrogens with zero attached hydrogens (tertiary/aromatic N) is 1. The molecule has 2 aromatic carbocycles. The fraction of sp³-hybridized carbons (Fsp3) is 0.261. The van der Waals surface area contributed by atoms with Gasteiger partial charge in [-0.2, -0.15) is 0 Å². The third-order valence-corrected chi connectivity index (χ3v) is 5.24. The van der Waals surface area contributed by atoms with Crippen LogP contribution in [0.4, 0.5) is 0 Å². The molecule has 0 aliphatic carbocycles. The van der Waals surface area contributed by atoms with Crippen LogP contribution in [0.15, 0.2) is 48.7 Å². The van der Waals surface area contributed by atoms with E-state index in [1.54, 1.807) is 31.5 Å². The second-order valence-corrected chi connectivity index (χ2v) is 7.25. The summed E-state index contributed by atoms with van der Waals surface area (Å²) in [7, 11) is 1.65. The molecular formula is C23H23Cl2NO2. The predicted molar refractivity (Wildman–Crippen MR) is 116 cm³/mol. The molecule has 0 bridgehead atoms. The first kappa shape index (κ1) is 20.5. The molecule has 0 saturated carbocycles. The molecule has 3 aromatic rings. The minimum Gasteiger partial charge on any atom is -0.496 e. The average molecular weight is 416 g/mol. The lowest BCUT2D eigenvalue weighted by Gasteiger charge is -2.16. The van der Waals surface area contributed by atoms with Gasteiger partial charge in [0.2, 0.25) is 0 Å². The Kier molecular flexibility index (Phi) is 6.82. The number of hydrogen-bond donors (Lipinski definition) is 0. The van der Waals surface area contributed by atoms with Crippen molar-refractivity contribution in [1.29, 1.82) is 0 Å². The number of benzene rings is 2. The minimum absolute atomic E-state index is 0.284. The summed E-state index contributed by atoms with van der Waals surface area (Å²) < 4.78 is 11.5. The van der Waals surface area contributed by atoms with E-state index in [0.29, 0.717) is 15.8 Å². The van der Waals surface area contributed by atoms with Gasteiger partial charge in [-0.1, -0.05) is 55.2 Å². The van der Waals surface area contributed by atoms with Crippen LogP contribution in [-0.4, -0.2) is 12.1 Å². The molecule has 0 amide bonds. The summed E-state index contributed by atoms with van der Waals surface area (Å²) in [5, 5.41) is 1.08. The summed E-state index contributed by atoms with van der Waals surface area (Å²) in [4.78, 5) is 4.71. The van der Waals surface area contributed by atoms with Crippen molar-refractivity contribution in [2.24, 2.45) is 0 Å². The molecule has 0 aliphatic rings. The highest BCUT2D eigenvalue weighted by Gasteiger charge is 2.14. The summed E-state index contributed by atoms with van der Waals surface area (Å²) in [6.45, 7) is 4.60. The maximum atomic E-state index is 6.18. The highest BCUT2D eigenvalue weighted by Crippen LogP contribution is 2.33. The van der Waals surface area contributed by atoms with E-state index < -0.39 is 0 Å². The van der Waals surface area contributed by atoms with Crippen LogP contribution >= 0.6 is 23.2 Å². The van der Waals surface area contributed by atoms with Crippen LogP contribution in [0.25, 0.3) is 11.3 Å². The third kappa shape index (κ3) is 4.43. The van der Waals surface area contributed by atoms with E-state index in [4.69, 9.17) is 37.7 Å². The quantitative estimate of drug-likeness (QED) is 0.426. The summed E-state index contributed by atoms with van der Waals surface area (Å²) in [6, 6.07) is 13.5. The number of methoxy groups -OCH3 is 1. The summed E-state index contributed by atoms with van der Waals surface area (Å²) in [5.74, 6) is 1.26. The molecule has 1 aromatic heterocycles. The molecule has 0 fully saturated rings. The van der Waals surface area contributed by atoms with E-state index >= 15 is 0 Å². The molecule has 146 valence electrons. The molecule has 0 radical (unpaired) electrons. The highest BCUT2D eigenvalue weighted by molar-refractivity contribution is 6.34. The Morgan fingerprint density at radius 2 is 1.61 bits per heavy atom. The second kappa shape index (κ2) is 9.31. The fourth-order valence-electron chi connectivity index (χ4n) is 3.22. The standard InChI is InChI=1S/C23H23Cl2NO2/c1-4-15-7-6-8-16(5-2)23(15)20-12-21(27-3)17(13-26-20)14-28-22-11-18(24)9-10-19(22)25/h6-13H,4-5,14H2,1-3H3. The zero-order valence-electron chi connectivity index (χ0n) is 16.3. The van der Waals surface area contributed by atoms with Crippen LogP contribution in [0.3, 0.4) is 0 Å². The number of hydrogen-bond acceptors (Lipinski definition) is 3. The smallest absolute Gasteiger partial charge is 0.139 e. The molecule has 0 saturated heterocycles. The van der Waals surface area contributed by atoms with Crippen LogP contribution in [0.2, 0.25) is 10.0 Å². The monoisotopic (exact) mass is 415 g/mol. The van der Waals surface area contributed by atoms with Gasteiger partial charge in [0, 0.05) is 34.5 Å². The molecule has 0 aliphatic heterocycles. The van der Waals surface area contributed by atoms with Gasteiger partial charge in [0.15, 0.2) is 0 Å². The van der Waals surface area contributed by atoms with Gasteiger partial charge < -0.3 is 9.47 Å². The fourth-order valence-corrected chi connectivity index (χ4v) is 3.55. The van der Waals surface area contributed by atoms with Crippen LogP contribution in [-0.2, 0) is 19.4 Å². The van der Waals surface area contributed by atoms with Crippen molar-refractivity contribution < 1.29 is 9.47 Å². The van der Waals surface area contributed by atoms with Crippen LogP contribution in [0, 0.1) is 0 Å². The van der Waals surface area contributed by atoms with Gasteiger partial charge in [0.25, 0.3) is 0 Å². The number of rotatable bonds is 7. The molecule has 0 unspecified atom stereocenters. The van der Waals surface area contributed by atoms with Gasteiger partial charge in [-0.25, -0.2) is 0 Å². The topological polar surface area (TPSA) is 31.4 Å². The first-order valence-electron chi connectivity index (χ1n) is 9.29. The third-order valence-electron chi connectivity index (χ3n) is 4.70. The van der Waals surface area contributed by atoms with Crippen LogP contribution < -0.4 is 9.47 Å². The molecule has 0 spiro atoms. The van der Waals surface area contributed by atoms with Gasteiger partial charge in [0.1, 0.15) is 18.1 Å². The number of aryl methyl sites for hydroxylation is 2. The van der Waals surface area contributed by atoms with Gasteiger partial charge in [-0.15, -0.1) is 0 Å². The van der Waals surface area contributed by atoms with E-state index in [1.165, 1.54) is 16.7 Å². The van der Waals surface area contributed by atoms with Crippen LogP contribution in [0.5, 0.6) is 11.5 Å². The number of ether oxygens (including phenoxy) is 2. The normalized spacial score (nSPS) is 10.8. The number of pyridine rings is 1. The van der Waals surface area contributed by atoms with E-state index in [0.717, 1.165) is 29.8 Å². The minimum atomic E-state index is 0.284. The molecule has 0 atom stereocenters. The predicted octanol–water partition coefficient (Wildman–Crippen LogP) is 6.77. The first-order chi connectivity index (χ1) is 13.6. The SMILES string of the molecule is CCc1cccc(CC)c1-c1cc(OC)c(COc2cc(Cl)ccc2Cl)cn1. The molecule has 0 N–H and O–H groups in total. The Morgan fingerprint density at radius 3 is 2.25 bits per heavy atom. The Morgan fingerprint density at radius 1 is 0.893 bits per heavy atom. The Hall–Kier alpha value is -2.23. The average Bonchev–Trinajstić information content (AvgIpc) is 2.73. The zero-order valence-corrected chi connectivity index (χ0v) is 17.8. The van der Waals surface area contributed by atoms with Crippen molar-refractivity contribution in [3.8, 4) is 22.8 Å². The molecular weight excluding hydrogens is 393 g/mol. The first-order valence-corrected chi connectivity index (χ1v) is 10.0. The van der Waals surface area contributed by atoms with Crippen molar-refractivity contribution in [3.63, 3.8) is 0 Å². The van der Waals surface area contributed by atoms with Crippen molar-refractivity contribution in [1.82, 2.24) is 4.98 Å². The van der Waals surface area contributed by atoms with Gasteiger partial charge >= 0.3 is 0 Å². The summed E-state index contributed by atoms with van der Waals surface area (Å²) >= 11 is 12.2. The van der Waals surface area contributed by atoms with Crippen molar-refractivity contribution in [3.05, 3.63) is 75.4 Å². The van der Waals surface area contributed by atoms with Crippen molar-refractivity contribution in [2.45, 2.75) is 33.3 Å². The summed E-state index contributed by atoms with van der Waals surface area (Å²) in [5.41, 5.74) is 5.51. The largest absolute Gasteiger partial charge is 0.496 e. The lowest BCUT2D eigenvalue weighted by molar-refractivity contribution is 0.296. The lowest BCUT2D eigenvalue weighted by atomic mass is 9.94. The van der Waals surface area contributed by atoms with Crippen molar-refractivity contribution in [2.75, 3.05) is 7.11 Å². The van der Waals surface area contributed by atoms with Crippen molar-refractivity contribution >= 4 is 23.2 Å². The van der Waals surface area contributed by atoms with Gasteiger partial charge in [-0.3, -0.25) is 4.98 Å². The van der Waals surface area contributed by atoms with E-state index in [-0.39, 0.29) is 6.61 Å². The maximum Gasteiger partial charge on any atom is 0.139 e. The summed E-state index contributed by atoms with van der Waals surface area (Å²) in [6.07, 6.45) is 3.70. The second-order valence-electron chi connectivity index (χ2n) is 6.40. The molecule has 28 heavy (non-hydrogen) atoms. The van der Waals surface area contributed by atoms with E-state index in [2.05, 4.69) is 32.0 Å². The molecule has 3 nitrogen and oxygen atoms in total. The van der Waals surface area contributed by atoms with E-state index in [1.807, 2.05) is 6.07 Å². The molecule has 1 heterocycles. The van der Waals surface area contributed by atoms with E-state index in [9.17, 15) is 0 Å². The zero-order chi connectivity index (χ0) is 20.1. The maximum absolute atomic E-state index is 6.18. The molecule has 5 heteroatoms. The Labute approximate surface area is 176 Å². The Bertz CT molecular complexity index is 951. The highest BCUT2D eigenvalue weighted by atomic mass is 35.5. The lowest BCUT2D eigenvalue weighted by Crippen LogP contribution is -2.02.